The number of nitrogens with zero attached hydrogens (tertiary/aromatic N) is 4. The number of hydrogen-bond donors (Lipinski definition) is 1. The topological polar surface area (TPSA) is 71.4 Å². The van der Waals surface area contributed by atoms with E-state index < -0.39 is 0 Å². The molecule has 114 valence electrons. The van der Waals surface area contributed by atoms with Crippen molar-refractivity contribution >= 4 is 0 Å². The largest absolute Gasteiger partial charge is 0.338 e. The Bertz CT molecular complexity index is 408. The summed E-state index contributed by atoms with van der Waals surface area (Å²) in [5.74, 6) is 1.34. The predicted octanol–water partition coefficient (Wildman–Crippen LogP) is 1.57. The third-order valence-corrected chi connectivity index (χ3v) is 4.01. The van der Waals surface area contributed by atoms with E-state index in [1.807, 2.05) is 0 Å². The second kappa shape index (κ2) is 7.15. The monoisotopic (exact) mass is 281 g/mol. The molecular weight excluding hydrogens is 254 g/mol. The van der Waals surface area contributed by atoms with Crippen LogP contribution in [0.3, 0.4) is 0 Å². The van der Waals surface area contributed by atoms with Gasteiger partial charge in [0.25, 0.3) is 0 Å². The summed E-state index contributed by atoms with van der Waals surface area (Å²) in [6, 6.07) is 0.0587. The number of hydrogen-bond acceptors (Lipinski definition) is 6. The maximum atomic E-state index is 6.10. The summed E-state index contributed by atoms with van der Waals surface area (Å²) >= 11 is 0. The summed E-state index contributed by atoms with van der Waals surface area (Å²) in [7, 11) is 4.26. The van der Waals surface area contributed by atoms with Crippen molar-refractivity contribution in [2.75, 3.05) is 33.7 Å². The first-order valence-electron chi connectivity index (χ1n) is 7.59. The standard InChI is InChI=1S/C14H27N5O/c1-4-5-7-11(15)14-16-13(17-20-14)12-10-18(2)8-6-9-19(12)3/h11-12H,4-10,15H2,1-3H3. The molecule has 1 aromatic rings. The van der Waals surface area contributed by atoms with Crippen LogP contribution in [0.15, 0.2) is 4.52 Å². The quantitative estimate of drug-likeness (QED) is 0.883. The van der Waals surface area contributed by atoms with Crippen LogP contribution in [0.5, 0.6) is 0 Å². The van der Waals surface area contributed by atoms with Gasteiger partial charge in [-0.3, -0.25) is 4.90 Å². The van der Waals surface area contributed by atoms with E-state index in [-0.39, 0.29) is 12.1 Å². The summed E-state index contributed by atoms with van der Waals surface area (Å²) in [4.78, 5) is 9.16. The molecule has 0 aromatic carbocycles. The molecule has 0 amide bonds. The van der Waals surface area contributed by atoms with E-state index in [0.717, 1.165) is 44.7 Å². The number of likely N-dealkylation sites (N-methyl/N-ethyl adjacent to an activating group) is 2. The van der Waals surface area contributed by atoms with E-state index in [1.54, 1.807) is 0 Å². The van der Waals surface area contributed by atoms with Gasteiger partial charge in [0.05, 0.1) is 12.1 Å². The Morgan fingerprint density at radius 2 is 2.20 bits per heavy atom. The number of aromatic nitrogens is 2. The minimum Gasteiger partial charge on any atom is -0.338 e. The Balaban J connectivity index is 2.06. The summed E-state index contributed by atoms with van der Waals surface area (Å²) in [5.41, 5.74) is 6.10. The van der Waals surface area contributed by atoms with Crippen LogP contribution in [0.1, 0.15) is 56.4 Å². The molecule has 2 N–H and O–H groups in total. The van der Waals surface area contributed by atoms with Crippen LogP contribution < -0.4 is 5.73 Å². The first-order chi connectivity index (χ1) is 9.61. The molecule has 2 heterocycles. The van der Waals surface area contributed by atoms with Crippen LogP contribution in [0.25, 0.3) is 0 Å². The second-order valence-electron chi connectivity index (χ2n) is 5.85. The predicted molar refractivity (Wildman–Crippen MR) is 78.2 cm³/mol. The van der Waals surface area contributed by atoms with Crippen molar-refractivity contribution < 1.29 is 4.52 Å². The molecule has 1 aliphatic heterocycles. The van der Waals surface area contributed by atoms with Gasteiger partial charge in [-0.05, 0) is 40.0 Å². The summed E-state index contributed by atoms with van der Waals surface area (Å²) in [6.45, 7) is 5.25. The fourth-order valence-electron chi connectivity index (χ4n) is 2.63. The van der Waals surface area contributed by atoms with Crippen LogP contribution >= 0.6 is 0 Å². The molecule has 0 aliphatic carbocycles. The maximum Gasteiger partial charge on any atom is 0.243 e. The molecule has 1 saturated heterocycles. The van der Waals surface area contributed by atoms with Gasteiger partial charge in [-0.2, -0.15) is 4.98 Å². The van der Waals surface area contributed by atoms with Gasteiger partial charge < -0.3 is 15.2 Å². The van der Waals surface area contributed by atoms with Crippen molar-refractivity contribution in [3.8, 4) is 0 Å². The number of rotatable bonds is 5. The van der Waals surface area contributed by atoms with Gasteiger partial charge in [0.1, 0.15) is 0 Å². The molecule has 2 rings (SSSR count). The fraction of sp³-hybridized carbons (Fsp3) is 0.857. The second-order valence-corrected chi connectivity index (χ2v) is 5.85. The van der Waals surface area contributed by atoms with E-state index in [4.69, 9.17) is 10.3 Å². The molecule has 0 radical (unpaired) electrons. The van der Waals surface area contributed by atoms with Gasteiger partial charge in [-0.15, -0.1) is 0 Å². The molecule has 20 heavy (non-hydrogen) atoms. The van der Waals surface area contributed by atoms with Crippen LogP contribution in [0, 0.1) is 0 Å². The molecule has 1 aromatic heterocycles. The highest BCUT2D eigenvalue weighted by Crippen LogP contribution is 2.23. The van der Waals surface area contributed by atoms with E-state index in [2.05, 4.69) is 41.0 Å². The van der Waals surface area contributed by atoms with Gasteiger partial charge in [0.15, 0.2) is 5.82 Å². The molecule has 6 heteroatoms. The third-order valence-electron chi connectivity index (χ3n) is 4.01. The Labute approximate surface area is 121 Å². The molecule has 2 atom stereocenters. The minimum atomic E-state index is -0.134. The molecule has 1 aliphatic rings. The Hall–Kier alpha value is -0.980. The molecule has 1 fully saturated rings. The van der Waals surface area contributed by atoms with Crippen LogP contribution in [-0.2, 0) is 0 Å². The normalized spacial score (nSPS) is 23.7. The molecule has 0 saturated carbocycles. The van der Waals surface area contributed by atoms with E-state index in [1.165, 1.54) is 6.42 Å². The highest BCUT2D eigenvalue weighted by atomic mass is 16.5. The minimum absolute atomic E-state index is 0.134. The van der Waals surface area contributed by atoms with Crippen molar-refractivity contribution in [3.63, 3.8) is 0 Å². The van der Waals surface area contributed by atoms with Crippen LogP contribution in [0.2, 0.25) is 0 Å². The van der Waals surface area contributed by atoms with Gasteiger partial charge in [0.2, 0.25) is 5.89 Å². The zero-order chi connectivity index (χ0) is 14.5. The van der Waals surface area contributed by atoms with Gasteiger partial charge in [-0.1, -0.05) is 24.9 Å². The lowest BCUT2D eigenvalue weighted by Gasteiger charge is -2.24. The van der Waals surface area contributed by atoms with Crippen LogP contribution in [0.4, 0.5) is 0 Å². The lowest BCUT2D eigenvalue weighted by atomic mass is 10.1. The van der Waals surface area contributed by atoms with Gasteiger partial charge in [0, 0.05) is 6.54 Å². The molecule has 6 nitrogen and oxygen atoms in total. The Morgan fingerprint density at radius 1 is 1.40 bits per heavy atom. The van der Waals surface area contributed by atoms with Gasteiger partial charge in [-0.25, -0.2) is 0 Å². The molecule has 2 unspecified atom stereocenters. The first-order valence-corrected chi connectivity index (χ1v) is 7.59. The lowest BCUT2D eigenvalue weighted by molar-refractivity contribution is 0.214. The summed E-state index contributed by atoms with van der Waals surface area (Å²) in [5, 5.41) is 4.16. The average Bonchev–Trinajstić information content (AvgIpc) is 2.85. The highest BCUT2D eigenvalue weighted by molar-refractivity contribution is 4.99. The highest BCUT2D eigenvalue weighted by Gasteiger charge is 2.27. The number of nitrogens with two attached hydrogens (primary N) is 1. The SMILES string of the molecule is CCCCC(N)c1nc(C2CN(C)CCCN2C)no1. The Morgan fingerprint density at radius 3 is 2.95 bits per heavy atom. The van der Waals surface area contributed by atoms with Crippen molar-refractivity contribution in [1.29, 1.82) is 0 Å². The maximum absolute atomic E-state index is 6.10. The van der Waals surface area contributed by atoms with Crippen molar-refractivity contribution in [1.82, 2.24) is 19.9 Å². The smallest absolute Gasteiger partial charge is 0.243 e. The van der Waals surface area contributed by atoms with Crippen molar-refractivity contribution in [2.24, 2.45) is 5.73 Å². The fourth-order valence-corrected chi connectivity index (χ4v) is 2.63. The van der Waals surface area contributed by atoms with E-state index in [0.29, 0.717) is 5.89 Å². The molecule has 0 bridgehead atoms. The number of unbranched alkanes of at least 4 members (excludes halogenated alkanes) is 1. The van der Waals surface area contributed by atoms with Gasteiger partial charge >= 0.3 is 0 Å². The van der Waals surface area contributed by atoms with E-state index in [9.17, 15) is 0 Å². The molecule has 0 spiro atoms. The van der Waals surface area contributed by atoms with E-state index >= 15 is 0 Å². The zero-order valence-corrected chi connectivity index (χ0v) is 12.9. The summed E-state index contributed by atoms with van der Waals surface area (Å²) < 4.78 is 5.37. The zero-order valence-electron chi connectivity index (χ0n) is 12.9. The Kier molecular flexibility index (Phi) is 5.51. The van der Waals surface area contributed by atoms with Crippen molar-refractivity contribution in [3.05, 3.63) is 11.7 Å². The first kappa shape index (κ1) is 15.4. The lowest BCUT2D eigenvalue weighted by Crippen LogP contribution is -2.31. The third kappa shape index (κ3) is 3.77. The average molecular weight is 281 g/mol. The summed E-state index contributed by atoms with van der Waals surface area (Å²) in [6.07, 6.45) is 4.29. The molecular formula is C14H27N5O. The van der Waals surface area contributed by atoms with Crippen LogP contribution in [-0.4, -0.2) is 53.7 Å². The van der Waals surface area contributed by atoms with Crippen molar-refractivity contribution in [2.45, 2.75) is 44.7 Å².